The van der Waals surface area contributed by atoms with Crippen molar-refractivity contribution >= 4 is 26.7 Å². The second-order valence-electron chi connectivity index (χ2n) is 5.82. The third-order valence-electron chi connectivity index (χ3n) is 3.80. The number of esters is 1. The number of aromatic nitrogens is 2. The second-order valence-corrected chi connectivity index (χ2v) is 7.72. The summed E-state index contributed by atoms with van der Waals surface area (Å²) in [4.78, 5) is 11.8. The zero-order valence-electron chi connectivity index (χ0n) is 14.4. The number of halogens is 2. The average molecular weight is 394 g/mol. The summed E-state index contributed by atoms with van der Waals surface area (Å²) in [7, 11) is -3.97. The van der Waals surface area contributed by atoms with Crippen LogP contribution in [0.2, 0.25) is 0 Å². The Kier molecular flexibility index (Phi) is 5.22. The zero-order valence-corrected chi connectivity index (χ0v) is 15.2. The number of hydrogen-bond acceptors (Lipinski definition) is 5. The van der Waals surface area contributed by atoms with E-state index in [-0.39, 0.29) is 34.6 Å². The number of fused-ring (bicyclic) bond motifs is 1. The molecule has 0 N–H and O–H groups in total. The number of nitrogens with zero attached hydrogens (tertiary/aromatic N) is 2. The number of rotatable bonds is 6. The van der Waals surface area contributed by atoms with E-state index in [1.807, 2.05) is 0 Å². The van der Waals surface area contributed by atoms with Crippen molar-refractivity contribution in [2.45, 2.75) is 24.2 Å². The van der Waals surface area contributed by atoms with Crippen molar-refractivity contribution in [3.05, 3.63) is 59.7 Å². The molecule has 2 aromatic carbocycles. The molecule has 0 spiro atoms. The first-order chi connectivity index (χ1) is 12.8. The Morgan fingerprint density at radius 1 is 1.15 bits per heavy atom. The minimum atomic E-state index is -3.97. The van der Waals surface area contributed by atoms with E-state index in [4.69, 9.17) is 4.74 Å². The van der Waals surface area contributed by atoms with E-state index in [0.29, 0.717) is 0 Å². The lowest BCUT2D eigenvalue weighted by Crippen LogP contribution is -2.15. The monoisotopic (exact) mass is 394 g/mol. The Labute approximate surface area is 154 Å². The first-order valence-corrected chi connectivity index (χ1v) is 9.74. The van der Waals surface area contributed by atoms with E-state index in [2.05, 4.69) is 5.10 Å². The fourth-order valence-corrected chi connectivity index (χ4v) is 4.20. The van der Waals surface area contributed by atoms with Crippen LogP contribution in [0.5, 0.6) is 0 Å². The van der Waals surface area contributed by atoms with Gasteiger partial charge in [-0.15, -0.1) is 0 Å². The van der Waals surface area contributed by atoms with Gasteiger partial charge in [-0.2, -0.15) is 5.10 Å². The van der Waals surface area contributed by atoms with Gasteiger partial charge in [-0.25, -0.2) is 17.2 Å². The van der Waals surface area contributed by atoms with E-state index < -0.39 is 33.2 Å². The average Bonchev–Trinajstić information content (AvgIpc) is 2.93. The maximum atomic E-state index is 13.7. The summed E-state index contributed by atoms with van der Waals surface area (Å²) in [5.41, 5.74) is 0.408. The quantitative estimate of drug-likeness (QED) is 0.601. The van der Waals surface area contributed by atoms with Crippen molar-refractivity contribution in [2.75, 3.05) is 6.61 Å². The van der Waals surface area contributed by atoms with Crippen LogP contribution in [0.1, 0.15) is 12.5 Å². The molecule has 0 aliphatic rings. The Balaban J connectivity index is 2.06. The number of hydrogen-bond donors (Lipinski definition) is 0. The molecule has 0 unspecified atom stereocenters. The molecule has 1 aromatic heterocycles. The molecule has 1 heterocycles. The molecule has 142 valence electrons. The molecule has 0 amide bonds. The third kappa shape index (κ3) is 4.13. The van der Waals surface area contributed by atoms with Gasteiger partial charge in [0.1, 0.15) is 18.2 Å². The standard InChI is InChI=1S/C18H16F2N2O4S/c1-2-26-17(23)10-22-16-9-14(20)6-7-15(16)18(21-22)27(24,25)11-12-4-3-5-13(19)8-12/h3-9H,2,10-11H2,1H3. The van der Waals surface area contributed by atoms with Crippen molar-refractivity contribution < 1.29 is 26.7 Å². The minimum absolute atomic E-state index is 0.150. The van der Waals surface area contributed by atoms with Crippen LogP contribution < -0.4 is 0 Å². The minimum Gasteiger partial charge on any atom is -0.465 e. The maximum absolute atomic E-state index is 13.7. The Bertz CT molecular complexity index is 1110. The lowest BCUT2D eigenvalue weighted by molar-refractivity contribution is -0.143. The predicted octanol–water partition coefficient (Wildman–Crippen LogP) is 2.85. The van der Waals surface area contributed by atoms with Gasteiger partial charge in [0.15, 0.2) is 5.03 Å². The van der Waals surface area contributed by atoms with Crippen LogP contribution in [-0.4, -0.2) is 30.8 Å². The predicted molar refractivity (Wildman–Crippen MR) is 93.6 cm³/mol. The summed E-state index contributed by atoms with van der Waals surface area (Å²) in [6.45, 7) is 1.42. The zero-order chi connectivity index (χ0) is 19.6. The van der Waals surface area contributed by atoms with Crippen LogP contribution in [0.15, 0.2) is 47.5 Å². The SMILES string of the molecule is CCOC(=O)Cn1nc(S(=O)(=O)Cc2cccc(F)c2)c2ccc(F)cc21. The van der Waals surface area contributed by atoms with Crippen LogP contribution in [0.25, 0.3) is 10.9 Å². The molecule has 0 bridgehead atoms. The maximum Gasteiger partial charge on any atom is 0.327 e. The molecule has 6 nitrogen and oxygen atoms in total. The van der Waals surface area contributed by atoms with Gasteiger partial charge in [-0.05, 0) is 42.8 Å². The molecule has 0 aliphatic carbocycles. The number of carbonyl (C=O) groups excluding carboxylic acids is 1. The van der Waals surface area contributed by atoms with Crippen LogP contribution in [-0.2, 0) is 31.7 Å². The van der Waals surface area contributed by atoms with Crippen molar-refractivity contribution in [1.82, 2.24) is 9.78 Å². The summed E-state index contributed by atoms with van der Waals surface area (Å²) in [5, 5.41) is 3.89. The van der Waals surface area contributed by atoms with Crippen LogP contribution in [0.3, 0.4) is 0 Å². The smallest absolute Gasteiger partial charge is 0.327 e. The molecule has 0 fully saturated rings. The highest BCUT2D eigenvalue weighted by atomic mass is 32.2. The Morgan fingerprint density at radius 2 is 1.89 bits per heavy atom. The molecular formula is C18H16F2N2O4S. The number of sulfone groups is 1. The molecule has 3 aromatic rings. The van der Waals surface area contributed by atoms with Crippen molar-refractivity contribution in [1.29, 1.82) is 0 Å². The van der Waals surface area contributed by atoms with Gasteiger partial charge in [-0.3, -0.25) is 9.48 Å². The van der Waals surface area contributed by atoms with Crippen LogP contribution in [0, 0.1) is 11.6 Å². The van der Waals surface area contributed by atoms with Gasteiger partial charge in [0, 0.05) is 5.39 Å². The lowest BCUT2D eigenvalue weighted by atomic mass is 10.2. The van der Waals surface area contributed by atoms with Crippen molar-refractivity contribution in [2.24, 2.45) is 0 Å². The van der Waals surface area contributed by atoms with Gasteiger partial charge in [0.2, 0.25) is 9.84 Å². The second kappa shape index (κ2) is 7.43. The number of ether oxygens (including phenoxy) is 1. The van der Waals surface area contributed by atoms with Gasteiger partial charge < -0.3 is 4.74 Å². The highest BCUT2D eigenvalue weighted by Gasteiger charge is 2.25. The van der Waals surface area contributed by atoms with Gasteiger partial charge in [0.25, 0.3) is 0 Å². The molecule has 3 rings (SSSR count). The van der Waals surface area contributed by atoms with E-state index in [9.17, 15) is 22.0 Å². The van der Waals surface area contributed by atoms with Crippen molar-refractivity contribution in [3.8, 4) is 0 Å². The largest absolute Gasteiger partial charge is 0.465 e. The van der Waals surface area contributed by atoms with Gasteiger partial charge in [0.05, 0.1) is 17.9 Å². The van der Waals surface area contributed by atoms with Crippen molar-refractivity contribution in [3.63, 3.8) is 0 Å². The molecule has 0 aliphatic heterocycles. The summed E-state index contributed by atoms with van der Waals surface area (Å²) in [5.74, 6) is -2.25. The Hall–Kier alpha value is -2.81. The van der Waals surface area contributed by atoms with Crippen LogP contribution >= 0.6 is 0 Å². The Morgan fingerprint density at radius 3 is 2.59 bits per heavy atom. The van der Waals surface area contributed by atoms with E-state index in [1.54, 1.807) is 6.92 Å². The molecule has 0 saturated heterocycles. The highest BCUT2D eigenvalue weighted by molar-refractivity contribution is 7.90. The summed E-state index contributed by atoms with van der Waals surface area (Å²) in [6, 6.07) is 8.73. The summed E-state index contributed by atoms with van der Waals surface area (Å²) in [6.07, 6.45) is 0. The topological polar surface area (TPSA) is 78.3 Å². The fourth-order valence-electron chi connectivity index (χ4n) is 2.71. The fraction of sp³-hybridized carbons (Fsp3) is 0.222. The molecule has 27 heavy (non-hydrogen) atoms. The van der Waals surface area contributed by atoms with E-state index >= 15 is 0 Å². The molecule has 0 radical (unpaired) electrons. The molecule has 9 heteroatoms. The van der Waals surface area contributed by atoms with E-state index in [0.717, 1.165) is 22.9 Å². The number of benzene rings is 2. The highest BCUT2D eigenvalue weighted by Crippen LogP contribution is 2.26. The number of carbonyl (C=O) groups is 1. The normalized spacial score (nSPS) is 11.7. The van der Waals surface area contributed by atoms with E-state index in [1.165, 1.54) is 24.3 Å². The molecular weight excluding hydrogens is 378 g/mol. The molecule has 0 atom stereocenters. The summed E-state index contributed by atoms with van der Waals surface area (Å²) >= 11 is 0. The first-order valence-electron chi connectivity index (χ1n) is 8.09. The van der Waals surface area contributed by atoms with Gasteiger partial charge >= 0.3 is 5.97 Å². The van der Waals surface area contributed by atoms with Crippen LogP contribution in [0.4, 0.5) is 8.78 Å². The molecule has 0 saturated carbocycles. The lowest BCUT2D eigenvalue weighted by Gasteiger charge is -2.03. The summed E-state index contributed by atoms with van der Waals surface area (Å²) < 4.78 is 58.6. The first kappa shape index (κ1) is 19.0. The van der Waals surface area contributed by atoms with Gasteiger partial charge in [-0.1, -0.05) is 12.1 Å². The third-order valence-corrected chi connectivity index (χ3v) is 5.41.